The molecule has 0 radical (unpaired) electrons. The van der Waals surface area contributed by atoms with Crippen LogP contribution in [0.3, 0.4) is 0 Å². The lowest BCUT2D eigenvalue weighted by molar-refractivity contribution is -0.116. The van der Waals surface area contributed by atoms with Crippen molar-refractivity contribution in [3.63, 3.8) is 0 Å². The summed E-state index contributed by atoms with van der Waals surface area (Å²) in [4.78, 5) is 12.0. The Balaban J connectivity index is 1.88. The number of hydrogen-bond donors (Lipinski definition) is 2. The van der Waals surface area contributed by atoms with Crippen molar-refractivity contribution in [3.05, 3.63) is 59.7 Å². The smallest absolute Gasteiger partial charge is 0.224 e. The average molecular weight is 298 g/mol. The number of methoxy groups -OCH3 is 1. The predicted octanol–water partition coefficient (Wildman–Crippen LogP) is 3.29. The number of nitrogens with two attached hydrogens (primary N) is 1. The van der Waals surface area contributed by atoms with E-state index >= 15 is 0 Å². The maximum absolute atomic E-state index is 12.0. The number of nitrogens with one attached hydrogen (secondary N) is 1. The second-order valence-corrected chi connectivity index (χ2v) is 5.31. The fourth-order valence-corrected chi connectivity index (χ4v) is 2.17. The molecule has 0 aromatic heterocycles. The third-order valence-corrected chi connectivity index (χ3v) is 3.50. The molecule has 0 saturated carbocycles. The highest BCUT2D eigenvalue weighted by Gasteiger charge is 2.05. The maximum Gasteiger partial charge on any atom is 0.224 e. The summed E-state index contributed by atoms with van der Waals surface area (Å²) in [6.07, 6.45) is 1.14. The lowest BCUT2D eigenvalue weighted by Crippen LogP contribution is -2.13. The summed E-state index contributed by atoms with van der Waals surface area (Å²) < 4.78 is 5.11. The Kier molecular flexibility index (Phi) is 5.55. The van der Waals surface area contributed by atoms with Crippen LogP contribution in [0.4, 0.5) is 5.69 Å². The Hall–Kier alpha value is -2.33. The molecule has 1 unspecified atom stereocenters. The van der Waals surface area contributed by atoms with Crippen LogP contribution >= 0.6 is 0 Å². The lowest BCUT2D eigenvalue weighted by atomic mass is 10.1. The maximum atomic E-state index is 12.0. The van der Waals surface area contributed by atoms with E-state index < -0.39 is 0 Å². The molecule has 0 spiro atoms. The molecule has 0 heterocycles. The van der Waals surface area contributed by atoms with E-state index in [0.29, 0.717) is 12.8 Å². The molecular formula is C18H22N2O2. The molecule has 0 aliphatic carbocycles. The number of ether oxygens (including phenoxy) is 1. The molecule has 4 heteroatoms. The average Bonchev–Trinajstić information content (AvgIpc) is 2.53. The van der Waals surface area contributed by atoms with Gasteiger partial charge in [0.2, 0.25) is 5.91 Å². The summed E-state index contributed by atoms with van der Waals surface area (Å²) in [6, 6.07) is 15.4. The third-order valence-electron chi connectivity index (χ3n) is 3.50. The van der Waals surface area contributed by atoms with Gasteiger partial charge in [-0.25, -0.2) is 0 Å². The van der Waals surface area contributed by atoms with E-state index in [1.807, 2.05) is 55.5 Å². The summed E-state index contributed by atoms with van der Waals surface area (Å²) in [5.41, 5.74) is 8.75. The van der Waals surface area contributed by atoms with E-state index in [4.69, 9.17) is 10.5 Å². The van der Waals surface area contributed by atoms with Crippen LogP contribution in [0.2, 0.25) is 0 Å². The fraction of sp³-hybridized carbons (Fsp3) is 0.278. The molecule has 0 saturated heterocycles. The molecule has 3 N–H and O–H groups in total. The van der Waals surface area contributed by atoms with Crippen LogP contribution in [0.5, 0.6) is 5.75 Å². The zero-order chi connectivity index (χ0) is 15.9. The fourth-order valence-electron chi connectivity index (χ4n) is 2.17. The molecule has 22 heavy (non-hydrogen) atoms. The number of benzene rings is 2. The largest absolute Gasteiger partial charge is 0.497 e. The zero-order valence-electron chi connectivity index (χ0n) is 13.0. The van der Waals surface area contributed by atoms with Gasteiger partial charge in [0.05, 0.1) is 7.11 Å². The molecular weight excluding hydrogens is 276 g/mol. The standard InChI is InChI=1S/C18H22N2O2/c1-13(19)15-4-3-5-16(12-15)20-18(21)11-8-14-6-9-17(22-2)10-7-14/h3-7,9-10,12-13H,8,11,19H2,1-2H3,(H,20,21). The molecule has 116 valence electrons. The lowest BCUT2D eigenvalue weighted by Gasteiger charge is -2.10. The highest BCUT2D eigenvalue weighted by atomic mass is 16.5. The SMILES string of the molecule is COc1ccc(CCC(=O)Nc2cccc(C(C)N)c2)cc1. The highest BCUT2D eigenvalue weighted by Crippen LogP contribution is 2.16. The summed E-state index contributed by atoms with van der Waals surface area (Å²) in [6.45, 7) is 1.92. The first-order chi connectivity index (χ1) is 10.6. The first kappa shape index (κ1) is 16.0. The normalized spacial score (nSPS) is 11.8. The second kappa shape index (κ2) is 7.61. The van der Waals surface area contributed by atoms with Crippen molar-refractivity contribution >= 4 is 11.6 Å². The Morgan fingerprint density at radius 2 is 1.95 bits per heavy atom. The van der Waals surface area contributed by atoms with E-state index in [9.17, 15) is 4.79 Å². The predicted molar refractivity (Wildman–Crippen MR) is 89.0 cm³/mol. The van der Waals surface area contributed by atoms with E-state index in [-0.39, 0.29) is 11.9 Å². The highest BCUT2D eigenvalue weighted by molar-refractivity contribution is 5.90. The van der Waals surface area contributed by atoms with Gasteiger partial charge in [0, 0.05) is 18.2 Å². The van der Waals surface area contributed by atoms with Crippen LogP contribution in [0.25, 0.3) is 0 Å². The van der Waals surface area contributed by atoms with E-state index in [2.05, 4.69) is 5.32 Å². The number of hydrogen-bond acceptors (Lipinski definition) is 3. The quantitative estimate of drug-likeness (QED) is 0.860. The van der Waals surface area contributed by atoms with Gasteiger partial charge in [-0.15, -0.1) is 0 Å². The van der Waals surface area contributed by atoms with Gasteiger partial charge in [-0.05, 0) is 48.7 Å². The summed E-state index contributed by atoms with van der Waals surface area (Å²) in [5, 5.41) is 2.91. The molecule has 0 bridgehead atoms. The van der Waals surface area contributed by atoms with Gasteiger partial charge in [-0.1, -0.05) is 24.3 Å². The van der Waals surface area contributed by atoms with Gasteiger partial charge in [-0.2, -0.15) is 0 Å². The molecule has 0 fully saturated rings. The number of amides is 1. The van der Waals surface area contributed by atoms with Gasteiger partial charge in [0.25, 0.3) is 0 Å². The van der Waals surface area contributed by atoms with Crippen molar-refractivity contribution in [2.45, 2.75) is 25.8 Å². The van der Waals surface area contributed by atoms with Crippen molar-refractivity contribution in [2.24, 2.45) is 5.73 Å². The van der Waals surface area contributed by atoms with Gasteiger partial charge < -0.3 is 15.8 Å². The first-order valence-corrected chi connectivity index (χ1v) is 7.37. The third kappa shape index (κ3) is 4.60. The Morgan fingerprint density at radius 3 is 2.59 bits per heavy atom. The van der Waals surface area contributed by atoms with Crippen molar-refractivity contribution in [2.75, 3.05) is 12.4 Å². The molecule has 1 amide bonds. The van der Waals surface area contributed by atoms with Gasteiger partial charge >= 0.3 is 0 Å². The Morgan fingerprint density at radius 1 is 1.23 bits per heavy atom. The summed E-state index contributed by atoms with van der Waals surface area (Å²) in [5.74, 6) is 0.818. The van der Waals surface area contributed by atoms with Gasteiger partial charge in [0.1, 0.15) is 5.75 Å². The Labute approximate surface area is 131 Å². The van der Waals surface area contributed by atoms with Crippen LogP contribution in [0.15, 0.2) is 48.5 Å². The number of rotatable bonds is 6. The van der Waals surface area contributed by atoms with Crippen LogP contribution in [-0.2, 0) is 11.2 Å². The van der Waals surface area contributed by atoms with Crippen LogP contribution in [-0.4, -0.2) is 13.0 Å². The first-order valence-electron chi connectivity index (χ1n) is 7.37. The summed E-state index contributed by atoms with van der Waals surface area (Å²) >= 11 is 0. The molecule has 0 aliphatic rings. The van der Waals surface area contributed by atoms with Crippen molar-refractivity contribution in [3.8, 4) is 5.75 Å². The van der Waals surface area contributed by atoms with E-state index in [1.54, 1.807) is 7.11 Å². The number of anilines is 1. The van der Waals surface area contributed by atoms with Crippen LogP contribution in [0.1, 0.15) is 30.5 Å². The number of carbonyl (C=O) groups is 1. The number of aryl methyl sites for hydroxylation is 1. The monoisotopic (exact) mass is 298 g/mol. The molecule has 2 rings (SSSR count). The minimum Gasteiger partial charge on any atom is -0.497 e. The summed E-state index contributed by atoms with van der Waals surface area (Å²) in [7, 11) is 1.64. The van der Waals surface area contributed by atoms with Crippen molar-refractivity contribution < 1.29 is 9.53 Å². The zero-order valence-corrected chi connectivity index (χ0v) is 13.0. The minimum atomic E-state index is -0.0452. The van der Waals surface area contributed by atoms with Crippen LogP contribution in [0, 0.1) is 0 Å². The van der Waals surface area contributed by atoms with Crippen molar-refractivity contribution in [1.29, 1.82) is 0 Å². The minimum absolute atomic E-state index is 0.00218. The molecule has 4 nitrogen and oxygen atoms in total. The topological polar surface area (TPSA) is 64.3 Å². The molecule has 0 aliphatic heterocycles. The Bertz CT molecular complexity index is 621. The second-order valence-electron chi connectivity index (χ2n) is 5.31. The van der Waals surface area contributed by atoms with E-state index in [0.717, 1.165) is 22.6 Å². The van der Waals surface area contributed by atoms with E-state index in [1.165, 1.54) is 0 Å². The number of carbonyl (C=O) groups excluding carboxylic acids is 1. The molecule has 2 aromatic carbocycles. The van der Waals surface area contributed by atoms with Gasteiger partial charge in [0.15, 0.2) is 0 Å². The molecule has 2 aromatic rings. The van der Waals surface area contributed by atoms with Crippen LogP contribution < -0.4 is 15.8 Å². The van der Waals surface area contributed by atoms with Gasteiger partial charge in [-0.3, -0.25) is 4.79 Å². The van der Waals surface area contributed by atoms with Crippen molar-refractivity contribution in [1.82, 2.24) is 0 Å². The molecule has 1 atom stereocenters.